The summed E-state index contributed by atoms with van der Waals surface area (Å²) in [5, 5.41) is 15.9. The molecule has 0 aliphatic rings. The largest absolute Gasteiger partial charge is 0.322 e. The van der Waals surface area contributed by atoms with E-state index in [0.29, 0.717) is 18.8 Å². The molecule has 0 spiro atoms. The fourth-order valence-electron chi connectivity index (χ4n) is 2.45. The summed E-state index contributed by atoms with van der Waals surface area (Å²) in [5.41, 5.74) is 2.35. The first kappa shape index (κ1) is 17.2. The minimum Gasteiger partial charge on any atom is -0.318 e. The molecule has 7 nitrogen and oxygen atoms in total. The molecule has 2 aromatic heterocycles. The highest BCUT2D eigenvalue weighted by atomic mass is 16.2. The first-order chi connectivity index (χ1) is 12.8. The first-order valence-electron chi connectivity index (χ1n) is 8.19. The summed E-state index contributed by atoms with van der Waals surface area (Å²) < 4.78 is 1.74. The average Bonchev–Trinajstić information content (AvgIpc) is 3.21. The molecular weight excluding hydrogens is 328 g/mol. The van der Waals surface area contributed by atoms with E-state index in [-0.39, 0.29) is 12.5 Å². The van der Waals surface area contributed by atoms with Crippen LogP contribution in [0.1, 0.15) is 12.1 Å². The van der Waals surface area contributed by atoms with E-state index in [4.69, 9.17) is 5.26 Å². The van der Waals surface area contributed by atoms with Crippen molar-refractivity contribution < 1.29 is 4.79 Å². The second-order valence-corrected chi connectivity index (χ2v) is 5.58. The van der Waals surface area contributed by atoms with Crippen LogP contribution >= 0.6 is 0 Å². The van der Waals surface area contributed by atoms with Gasteiger partial charge in [-0.2, -0.15) is 10.4 Å². The summed E-state index contributed by atoms with van der Waals surface area (Å²) in [7, 11) is 0. The molecule has 1 aromatic carbocycles. The van der Waals surface area contributed by atoms with Crippen LogP contribution in [0.15, 0.2) is 67.1 Å². The van der Waals surface area contributed by atoms with Gasteiger partial charge >= 0.3 is 6.03 Å². The molecule has 0 aliphatic heterocycles. The molecule has 2 amide bonds. The van der Waals surface area contributed by atoms with Gasteiger partial charge < -0.3 is 10.2 Å². The van der Waals surface area contributed by atoms with E-state index < -0.39 is 0 Å². The Kier molecular flexibility index (Phi) is 5.58. The van der Waals surface area contributed by atoms with Crippen molar-refractivity contribution in [3.05, 3.63) is 72.8 Å². The van der Waals surface area contributed by atoms with Crippen molar-refractivity contribution in [2.75, 3.05) is 11.9 Å². The lowest BCUT2D eigenvalue weighted by Gasteiger charge is -2.21. The second-order valence-electron chi connectivity index (χ2n) is 5.58. The van der Waals surface area contributed by atoms with E-state index in [1.165, 1.54) is 0 Å². The Bertz CT molecular complexity index is 869. The van der Waals surface area contributed by atoms with E-state index in [1.54, 1.807) is 22.0 Å². The monoisotopic (exact) mass is 346 g/mol. The topological polar surface area (TPSA) is 86.8 Å². The standard InChI is InChI=1S/C19H18N6O/c20-10-3-13-24(15-17-5-1-2-11-21-17)19(26)23-16-6-8-18(9-7-16)25-14-4-12-22-25/h1-2,4-9,11-12,14H,3,13,15H2,(H,23,26). The van der Waals surface area contributed by atoms with E-state index in [2.05, 4.69) is 21.5 Å². The Morgan fingerprint density at radius 2 is 2.00 bits per heavy atom. The lowest BCUT2D eigenvalue weighted by atomic mass is 10.3. The van der Waals surface area contributed by atoms with Gasteiger partial charge in [-0.1, -0.05) is 6.07 Å². The van der Waals surface area contributed by atoms with Gasteiger partial charge in [0.25, 0.3) is 0 Å². The number of nitrogens with zero attached hydrogens (tertiary/aromatic N) is 5. The number of anilines is 1. The van der Waals surface area contributed by atoms with Crippen molar-refractivity contribution in [2.24, 2.45) is 0 Å². The van der Waals surface area contributed by atoms with E-state index in [9.17, 15) is 4.79 Å². The fraction of sp³-hybridized carbons (Fsp3) is 0.158. The van der Waals surface area contributed by atoms with Crippen molar-refractivity contribution in [1.82, 2.24) is 19.7 Å². The summed E-state index contributed by atoms with van der Waals surface area (Å²) in [4.78, 5) is 18.4. The van der Waals surface area contributed by atoms with Crippen LogP contribution in [0.3, 0.4) is 0 Å². The smallest absolute Gasteiger partial charge is 0.318 e. The molecule has 0 aliphatic carbocycles. The molecule has 1 N–H and O–H groups in total. The van der Waals surface area contributed by atoms with Crippen molar-refractivity contribution in [1.29, 1.82) is 5.26 Å². The molecule has 2 heterocycles. The van der Waals surface area contributed by atoms with Crippen molar-refractivity contribution in [3.63, 3.8) is 0 Å². The number of nitrogens with one attached hydrogen (secondary N) is 1. The van der Waals surface area contributed by atoms with Crippen LogP contribution in [0.25, 0.3) is 5.69 Å². The number of carbonyl (C=O) groups excluding carboxylic acids is 1. The molecular formula is C19H18N6O. The molecule has 3 aromatic rings. The number of hydrogen-bond acceptors (Lipinski definition) is 4. The summed E-state index contributed by atoms with van der Waals surface area (Å²) in [6.07, 6.45) is 5.51. The van der Waals surface area contributed by atoms with Gasteiger partial charge in [0.05, 0.1) is 30.4 Å². The van der Waals surface area contributed by atoms with Crippen LogP contribution < -0.4 is 5.32 Å². The number of aromatic nitrogens is 3. The normalized spacial score (nSPS) is 10.1. The van der Waals surface area contributed by atoms with Gasteiger partial charge in [0.2, 0.25) is 0 Å². The Hall–Kier alpha value is -3.66. The van der Waals surface area contributed by atoms with E-state index >= 15 is 0 Å². The third-order valence-electron chi connectivity index (χ3n) is 3.75. The molecule has 130 valence electrons. The molecule has 0 unspecified atom stereocenters. The summed E-state index contributed by atoms with van der Waals surface area (Å²) in [5.74, 6) is 0. The SMILES string of the molecule is N#CCCN(Cc1ccccn1)C(=O)Nc1ccc(-n2cccn2)cc1. The highest BCUT2D eigenvalue weighted by molar-refractivity contribution is 5.89. The maximum atomic E-state index is 12.6. The molecule has 0 radical (unpaired) electrons. The Morgan fingerprint density at radius 3 is 2.65 bits per heavy atom. The van der Waals surface area contributed by atoms with Crippen LogP contribution in [0.5, 0.6) is 0 Å². The molecule has 7 heteroatoms. The lowest BCUT2D eigenvalue weighted by molar-refractivity contribution is 0.209. The van der Waals surface area contributed by atoms with Crippen LogP contribution in [0, 0.1) is 11.3 Å². The molecule has 3 rings (SSSR count). The van der Waals surface area contributed by atoms with Gasteiger partial charge in [0.1, 0.15) is 0 Å². The predicted octanol–water partition coefficient (Wildman–Crippen LogP) is 3.22. The number of hydrogen-bond donors (Lipinski definition) is 1. The van der Waals surface area contributed by atoms with Crippen LogP contribution in [-0.4, -0.2) is 32.2 Å². The molecule has 0 bridgehead atoms. The minimum absolute atomic E-state index is 0.262. The Labute approximate surface area is 151 Å². The maximum Gasteiger partial charge on any atom is 0.322 e. The maximum absolute atomic E-state index is 12.6. The van der Waals surface area contributed by atoms with Crippen LogP contribution in [-0.2, 0) is 6.54 Å². The highest BCUT2D eigenvalue weighted by Gasteiger charge is 2.14. The third-order valence-corrected chi connectivity index (χ3v) is 3.75. The van der Waals surface area contributed by atoms with Crippen molar-refractivity contribution in [3.8, 4) is 11.8 Å². The van der Waals surface area contributed by atoms with E-state index in [1.807, 2.05) is 54.7 Å². The van der Waals surface area contributed by atoms with Crippen LogP contribution in [0.4, 0.5) is 10.5 Å². The molecule has 0 fully saturated rings. The number of benzene rings is 1. The number of amides is 2. The Balaban J connectivity index is 1.67. The number of urea groups is 1. The fourth-order valence-corrected chi connectivity index (χ4v) is 2.45. The van der Waals surface area contributed by atoms with Gasteiger partial charge in [-0.15, -0.1) is 0 Å². The third kappa shape index (κ3) is 4.45. The number of rotatable bonds is 6. The van der Waals surface area contributed by atoms with Crippen molar-refractivity contribution >= 4 is 11.7 Å². The Morgan fingerprint density at radius 1 is 1.15 bits per heavy atom. The zero-order valence-corrected chi connectivity index (χ0v) is 14.1. The zero-order chi connectivity index (χ0) is 18.2. The van der Waals surface area contributed by atoms with Gasteiger partial charge in [-0.3, -0.25) is 4.98 Å². The predicted molar refractivity (Wildman–Crippen MR) is 97.5 cm³/mol. The van der Waals surface area contributed by atoms with Gasteiger partial charge in [-0.25, -0.2) is 9.48 Å². The van der Waals surface area contributed by atoms with Gasteiger partial charge in [0, 0.05) is 30.8 Å². The van der Waals surface area contributed by atoms with Crippen LogP contribution in [0.2, 0.25) is 0 Å². The minimum atomic E-state index is -0.266. The zero-order valence-electron chi connectivity index (χ0n) is 14.1. The average molecular weight is 346 g/mol. The summed E-state index contributed by atoms with van der Waals surface area (Å²) >= 11 is 0. The second kappa shape index (κ2) is 8.44. The van der Waals surface area contributed by atoms with E-state index in [0.717, 1.165) is 11.4 Å². The van der Waals surface area contributed by atoms with Gasteiger partial charge in [-0.05, 0) is 42.5 Å². The molecule has 0 saturated heterocycles. The number of carbonyl (C=O) groups is 1. The first-order valence-corrected chi connectivity index (χ1v) is 8.19. The number of pyridine rings is 1. The summed E-state index contributed by atoms with van der Waals surface area (Å²) in [6.45, 7) is 0.685. The molecule has 0 atom stereocenters. The molecule has 0 saturated carbocycles. The highest BCUT2D eigenvalue weighted by Crippen LogP contribution is 2.14. The molecule has 26 heavy (non-hydrogen) atoms. The quantitative estimate of drug-likeness (QED) is 0.742. The van der Waals surface area contributed by atoms with Gasteiger partial charge in [0.15, 0.2) is 0 Å². The number of nitriles is 1. The lowest BCUT2D eigenvalue weighted by Crippen LogP contribution is -2.35. The van der Waals surface area contributed by atoms with Crippen molar-refractivity contribution in [2.45, 2.75) is 13.0 Å². The summed E-state index contributed by atoms with van der Waals surface area (Å²) in [6, 6.07) is 16.6.